The van der Waals surface area contributed by atoms with Crippen molar-refractivity contribution in [3.05, 3.63) is 58.3 Å². The molecule has 1 aromatic carbocycles. The quantitative estimate of drug-likeness (QED) is 0.881. The van der Waals surface area contributed by atoms with Crippen LogP contribution in [0.15, 0.2) is 47.2 Å². The maximum atomic E-state index is 12.6. The minimum absolute atomic E-state index is 0.0275. The lowest BCUT2D eigenvalue weighted by molar-refractivity contribution is 0.0970. The first-order valence-electron chi connectivity index (χ1n) is 6.60. The Labute approximate surface area is 112 Å². The Morgan fingerprint density at radius 1 is 1.11 bits per heavy atom. The number of allylic oxidation sites excluding steroid dienone is 4. The highest BCUT2D eigenvalue weighted by Gasteiger charge is 2.35. The highest BCUT2D eigenvalue weighted by Crippen LogP contribution is 2.34. The van der Waals surface area contributed by atoms with Gasteiger partial charge in [0.25, 0.3) is 0 Å². The van der Waals surface area contributed by atoms with Gasteiger partial charge >= 0.3 is 0 Å². The van der Waals surface area contributed by atoms with Crippen LogP contribution < -0.4 is 5.32 Å². The largest absolute Gasteiger partial charge is 0.388 e. The Hall–Kier alpha value is -2.16. The minimum Gasteiger partial charge on any atom is -0.388 e. The van der Waals surface area contributed by atoms with Gasteiger partial charge < -0.3 is 5.32 Å². The Balaban J connectivity index is 2.23. The monoisotopic (exact) mass is 253 g/mol. The van der Waals surface area contributed by atoms with Crippen LogP contribution in [0.1, 0.15) is 40.5 Å². The molecule has 0 aliphatic heterocycles. The summed E-state index contributed by atoms with van der Waals surface area (Å²) < 4.78 is 0. The first-order valence-corrected chi connectivity index (χ1v) is 6.60. The van der Waals surface area contributed by atoms with Crippen LogP contribution in [-0.4, -0.2) is 18.1 Å². The lowest BCUT2D eigenvalue weighted by atomic mass is 9.78. The average Bonchev–Trinajstić information content (AvgIpc) is 2.45. The smallest absolute Gasteiger partial charge is 0.196 e. The second kappa shape index (κ2) is 4.50. The summed E-state index contributed by atoms with van der Waals surface area (Å²) in [5.41, 5.74) is 3.12. The average molecular weight is 253 g/mol. The molecule has 0 unspecified atom stereocenters. The molecular formula is C16H15NO2. The van der Waals surface area contributed by atoms with Crippen LogP contribution in [0.4, 0.5) is 0 Å². The molecule has 19 heavy (non-hydrogen) atoms. The second-order valence-electron chi connectivity index (χ2n) is 4.74. The third kappa shape index (κ3) is 1.73. The van der Waals surface area contributed by atoms with Gasteiger partial charge in [-0.15, -0.1) is 0 Å². The van der Waals surface area contributed by atoms with E-state index in [0.29, 0.717) is 22.3 Å². The molecule has 96 valence electrons. The van der Waals surface area contributed by atoms with Gasteiger partial charge in [0.15, 0.2) is 11.6 Å². The SMILES string of the molecule is CCNC1=C2C(=O)c3ccccc3C(=O)C2=CCC1. The van der Waals surface area contributed by atoms with E-state index in [1.807, 2.05) is 13.0 Å². The Bertz CT molecular complexity index is 638. The van der Waals surface area contributed by atoms with Crippen LogP contribution in [0, 0.1) is 0 Å². The molecule has 1 aromatic rings. The standard InChI is InChI=1S/C16H15NO2/c1-2-17-13-9-5-8-12-14(13)16(19)11-7-4-3-6-10(11)15(12)18/h3-4,6-8,17H,2,5,9H2,1H3. The molecule has 0 amide bonds. The van der Waals surface area contributed by atoms with E-state index in [-0.39, 0.29) is 11.6 Å². The van der Waals surface area contributed by atoms with Crippen molar-refractivity contribution >= 4 is 11.6 Å². The molecule has 0 spiro atoms. The molecule has 3 nitrogen and oxygen atoms in total. The Morgan fingerprint density at radius 3 is 2.47 bits per heavy atom. The first kappa shape index (κ1) is 11.9. The predicted octanol–water partition coefficient (Wildman–Crippen LogP) is 2.65. The normalized spacial score (nSPS) is 17.8. The molecule has 0 radical (unpaired) electrons. The maximum absolute atomic E-state index is 12.6. The summed E-state index contributed by atoms with van der Waals surface area (Å²) >= 11 is 0. The minimum atomic E-state index is -0.0305. The van der Waals surface area contributed by atoms with Crippen LogP contribution in [0.3, 0.4) is 0 Å². The molecule has 0 atom stereocenters. The summed E-state index contributed by atoms with van der Waals surface area (Å²) in [6, 6.07) is 7.06. The fourth-order valence-corrected chi connectivity index (χ4v) is 2.77. The van der Waals surface area contributed by atoms with Crippen molar-refractivity contribution in [2.45, 2.75) is 19.8 Å². The van der Waals surface area contributed by atoms with Gasteiger partial charge in [0.05, 0.1) is 5.57 Å². The summed E-state index contributed by atoms with van der Waals surface area (Å²) in [4.78, 5) is 25.1. The van der Waals surface area contributed by atoms with Gasteiger partial charge in [-0.2, -0.15) is 0 Å². The molecule has 0 bridgehead atoms. The molecule has 3 rings (SSSR count). The van der Waals surface area contributed by atoms with Crippen LogP contribution >= 0.6 is 0 Å². The van der Waals surface area contributed by atoms with Gasteiger partial charge in [-0.05, 0) is 19.8 Å². The van der Waals surface area contributed by atoms with E-state index in [9.17, 15) is 9.59 Å². The predicted molar refractivity (Wildman–Crippen MR) is 73.1 cm³/mol. The van der Waals surface area contributed by atoms with Gasteiger partial charge in [0.2, 0.25) is 0 Å². The molecule has 0 fully saturated rings. The van der Waals surface area contributed by atoms with Gasteiger partial charge in [-0.25, -0.2) is 0 Å². The number of benzene rings is 1. The number of fused-ring (bicyclic) bond motifs is 2. The zero-order valence-corrected chi connectivity index (χ0v) is 10.8. The number of carbonyl (C=O) groups excluding carboxylic acids is 2. The summed E-state index contributed by atoms with van der Waals surface area (Å²) in [5, 5.41) is 3.23. The zero-order chi connectivity index (χ0) is 13.4. The lowest BCUT2D eigenvalue weighted by Crippen LogP contribution is -2.29. The van der Waals surface area contributed by atoms with Crippen molar-refractivity contribution in [3.63, 3.8) is 0 Å². The molecule has 3 heteroatoms. The van der Waals surface area contributed by atoms with Gasteiger partial charge in [0, 0.05) is 28.9 Å². The summed E-state index contributed by atoms with van der Waals surface area (Å²) in [6.45, 7) is 2.75. The zero-order valence-electron chi connectivity index (χ0n) is 10.8. The van der Waals surface area contributed by atoms with Crippen molar-refractivity contribution in [1.82, 2.24) is 5.32 Å². The van der Waals surface area contributed by atoms with Crippen molar-refractivity contribution < 1.29 is 9.59 Å². The highest BCUT2D eigenvalue weighted by molar-refractivity contribution is 6.31. The van der Waals surface area contributed by atoms with Gasteiger partial charge in [-0.1, -0.05) is 30.3 Å². The number of rotatable bonds is 2. The van der Waals surface area contributed by atoms with Crippen molar-refractivity contribution in [1.29, 1.82) is 0 Å². The van der Waals surface area contributed by atoms with E-state index < -0.39 is 0 Å². The number of nitrogens with one attached hydrogen (secondary N) is 1. The van der Waals surface area contributed by atoms with Crippen LogP contribution in [0.2, 0.25) is 0 Å². The van der Waals surface area contributed by atoms with Crippen LogP contribution in [0.5, 0.6) is 0 Å². The number of hydrogen-bond acceptors (Lipinski definition) is 3. The van der Waals surface area contributed by atoms with E-state index in [4.69, 9.17) is 0 Å². The molecular weight excluding hydrogens is 238 g/mol. The number of ketones is 2. The third-order valence-corrected chi connectivity index (χ3v) is 3.59. The second-order valence-corrected chi connectivity index (χ2v) is 4.74. The van der Waals surface area contributed by atoms with E-state index in [1.54, 1.807) is 24.3 Å². The lowest BCUT2D eigenvalue weighted by Gasteiger charge is -2.26. The third-order valence-electron chi connectivity index (χ3n) is 3.59. The highest BCUT2D eigenvalue weighted by atomic mass is 16.1. The fourth-order valence-electron chi connectivity index (χ4n) is 2.77. The summed E-state index contributed by atoms with van der Waals surface area (Å²) in [5.74, 6) is -0.0580. The van der Waals surface area contributed by atoms with E-state index in [1.165, 1.54) is 0 Å². The summed E-state index contributed by atoms with van der Waals surface area (Å²) in [7, 11) is 0. The molecule has 1 N–H and O–H groups in total. The summed E-state index contributed by atoms with van der Waals surface area (Å²) in [6.07, 6.45) is 3.50. The first-order chi connectivity index (χ1) is 9.24. The molecule has 0 heterocycles. The fraction of sp³-hybridized carbons (Fsp3) is 0.250. The number of Topliss-reactive ketones (excluding diaryl/α,β-unsaturated/α-hetero) is 2. The van der Waals surface area contributed by atoms with Crippen LogP contribution in [-0.2, 0) is 0 Å². The maximum Gasteiger partial charge on any atom is 0.196 e. The van der Waals surface area contributed by atoms with E-state index in [2.05, 4.69) is 5.32 Å². The topological polar surface area (TPSA) is 46.2 Å². The number of hydrogen-bond donors (Lipinski definition) is 1. The van der Waals surface area contributed by atoms with Crippen molar-refractivity contribution in [2.75, 3.05) is 6.54 Å². The van der Waals surface area contributed by atoms with Crippen molar-refractivity contribution in [2.24, 2.45) is 0 Å². The molecule has 2 aliphatic carbocycles. The molecule has 2 aliphatic rings. The molecule has 0 aromatic heterocycles. The Morgan fingerprint density at radius 2 is 1.79 bits per heavy atom. The van der Waals surface area contributed by atoms with E-state index >= 15 is 0 Å². The molecule has 0 saturated heterocycles. The van der Waals surface area contributed by atoms with Crippen LogP contribution in [0.25, 0.3) is 0 Å². The number of carbonyl (C=O) groups is 2. The van der Waals surface area contributed by atoms with Gasteiger partial charge in [0.1, 0.15) is 0 Å². The molecule has 0 saturated carbocycles. The van der Waals surface area contributed by atoms with Gasteiger partial charge in [-0.3, -0.25) is 9.59 Å². The van der Waals surface area contributed by atoms with E-state index in [0.717, 1.165) is 25.1 Å². The van der Waals surface area contributed by atoms with Crippen molar-refractivity contribution in [3.8, 4) is 0 Å². The Kier molecular flexibility index (Phi) is 2.82.